The number of aliphatic hydroxyl groups is 3. The lowest BCUT2D eigenvalue weighted by Crippen LogP contribution is -2.62. The summed E-state index contributed by atoms with van der Waals surface area (Å²) in [6.07, 6.45) is -3.85. The molecule has 4 atom stereocenters. The minimum Gasteiger partial charge on any atom is -0.394 e. The first-order chi connectivity index (χ1) is 9.43. The number of hydrogen-bond donors (Lipinski definition) is 4. The van der Waals surface area contributed by atoms with Gasteiger partial charge in [-0.05, 0) is 6.92 Å². The summed E-state index contributed by atoms with van der Waals surface area (Å²) in [5.41, 5.74) is 0. The molecule has 0 aromatic carbocycles. The number of carbonyl (C=O) groups excluding carboxylic acids is 2. The van der Waals surface area contributed by atoms with Crippen molar-refractivity contribution in [1.82, 2.24) is 10.2 Å². The smallest absolute Gasteiger partial charge is 0.326 e. The van der Waals surface area contributed by atoms with Crippen molar-refractivity contribution in [3.63, 3.8) is 0 Å². The molecule has 0 aromatic rings. The summed E-state index contributed by atoms with van der Waals surface area (Å²) < 4.78 is 10.5. The molecule has 0 aliphatic carbocycles. The van der Waals surface area contributed by atoms with Gasteiger partial charge >= 0.3 is 6.03 Å². The number of rotatable bonds is 4. The molecule has 2 saturated heterocycles. The van der Waals surface area contributed by atoms with Crippen LogP contribution in [0.4, 0.5) is 4.79 Å². The summed E-state index contributed by atoms with van der Waals surface area (Å²) in [7, 11) is 0. The van der Waals surface area contributed by atoms with E-state index in [2.05, 4.69) is 5.32 Å². The van der Waals surface area contributed by atoms with E-state index in [4.69, 9.17) is 14.6 Å². The molecule has 0 radical (unpaired) electrons. The fraction of sp³-hybridized carbons (Fsp3) is 0.818. The minimum atomic E-state index is -2.15. The largest absolute Gasteiger partial charge is 0.394 e. The average Bonchev–Trinajstić information content (AvgIpc) is 2.63. The van der Waals surface area contributed by atoms with E-state index in [0.29, 0.717) is 0 Å². The van der Waals surface area contributed by atoms with Crippen molar-refractivity contribution in [2.24, 2.45) is 0 Å². The number of hydrogen-bond acceptors (Lipinski definition) is 7. The van der Waals surface area contributed by atoms with E-state index in [1.807, 2.05) is 0 Å². The van der Waals surface area contributed by atoms with Crippen molar-refractivity contribution < 1.29 is 34.4 Å². The van der Waals surface area contributed by atoms with Crippen LogP contribution in [0.1, 0.15) is 13.3 Å². The quantitative estimate of drug-likeness (QED) is 0.430. The number of nitrogens with one attached hydrogen (secondary N) is 1. The van der Waals surface area contributed by atoms with E-state index in [-0.39, 0.29) is 19.6 Å². The standard InChI is InChI=1S/C11H18N2O7/c1-2-19-11(18)8(16)6(5-14)20-9(11)13-4-3-7(15)12-10(13)17/h6,8-9,14,16,18H,2-5H2,1H3,(H,12,15,17)/t6-,8-,9-,11+/m1/s1. The monoisotopic (exact) mass is 290 g/mol. The Labute approximate surface area is 115 Å². The van der Waals surface area contributed by atoms with Gasteiger partial charge in [0.25, 0.3) is 0 Å². The Bertz CT molecular complexity index is 404. The van der Waals surface area contributed by atoms with Crippen LogP contribution in [0.15, 0.2) is 0 Å². The third-order valence-electron chi connectivity index (χ3n) is 3.36. The van der Waals surface area contributed by atoms with Crippen molar-refractivity contribution in [3.05, 3.63) is 0 Å². The minimum absolute atomic E-state index is 0.0234. The molecule has 4 N–H and O–H groups in total. The summed E-state index contributed by atoms with van der Waals surface area (Å²) in [5.74, 6) is -2.58. The Hall–Kier alpha value is -1.26. The number of amides is 3. The number of urea groups is 1. The normalized spacial score (nSPS) is 38.2. The second-order valence-electron chi connectivity index (χ2n) is 4.64. The maximum atomic E-state index is 11.8. The van der Waals surface area contributed by atoms with Crippen LogP contribution in [0.3, 0.4) is 0 Å². The third kappa shape index (κ3) is 2.38. The summed E-state index contributed by atoms with van der Waals surface area (Å²) in [4.78, 5) is 24.0. The topological polar surface area (TPSA) is 129 Å². The van der Waals surface area contributed by atoms with Crippen LogP contribution >= 0.6 is 0 Å². The van der Waals surface area contributed by atoms with Crippen LogP contribution < -0.4 is 5.32 Å². The number of ether oxygens (including phenoxy) is 2. The molecule has 20 heavy (non-hydrogen) atoms. The lowest BCUT2D eigenvalue weighted by atomic mass is 10.1. The number of nitrogens with zero attached hydrogens (tertiary/aromatic N) is 1. The Morgan fingerprint density at radius 1 is 1.55 bits per heavy atom. The van der Waals surface area contributed by atoms with Crippen LogP contribution in [0.25, 0.3) is 0 Å². The van der Waals surface area contributed by atoms with Crippen molar-refractivity contribution in [2.45, 2.75) is 37.6 Å². The Morgan fingerprint density at radius 2 is 2.25 bits per heavy atom. The van der Waals surface area contributed by atoms with Crippen molar-refractivity contribution in [3.8, 4) is 0 Å². The molecule has 0 unspecified atom stereocenters. The molecule has 0 aromatic heterocycles. The van der Waals surface area contributed by atoms with Gasteiger partial charge in [-0.1, -0.05) is 0 Å². The fourth-order valence-corrected chi connectivity index (χ4v) is 2.38. The summed E-state index contributed by atoms with van der Waals surface area (Å²) in [6, 6.07) is -0.741. The van der Waals surface area contributed by atoms with E-state index >= 15 is 0 Å². The van der Waals surface area contributed by atoms with E-state index in [1.165, 1.54) is 0 Å². The highest BCUT2D eigenvalue weighted by Crippen LogP contribution is 2.35. The number of aliphatic hydroxyl groups excluding tert-OH is 2. The second-order valence-corrected chi connectivity index (χ2v) is 4.64. The van der Waals surface area contributed by atoms with Crippen LogP contribution in [0.2, 0.25) is 0 Å². The van der Waals surface area contributed by atoms with E-state index in [9.17, 15) is 19.8 Å². The molecule has 2 aliphatic heterocycles. The lowest BCUT2D eigenvalue weighted by molar-refractivity contribution is -0.280. The Kier molecular flexibility index (Phi) is 4.25. The summed E-state index contributed by atoms with van der Waals surface area (Å²) >= 11 is 0. The molecule has 0 bridgehead atoms. The maximum Gasteiger partial charge on any atom is 0.326 e. The SMILES string of the molecule is CCO[C@@]1(O)[C@H](O)[C@@H](CO)O[C@H]1N1CCC(=O)NC1=O. The molecule has 114 valence electrons. The van der Waals surface area contributed by atoms with Crippen LogP contribution in [0.5, 0.6) is 0 Å². The molecule has 2 aliphatic rings. The Morgan fingerprint density at radius 3 is 2.80 bits per heavy atom. The molecular formula is C11H18N2O7. The van der Waals surface area contributed by atoms with Gasteiger partial charge in [-0.2, -0.15) is 0 Å². The van der Waals surface area contributed by atoms with Crippen LogP contribution in [0, 0.1) is 0 Å². The zero-order chi connectivity index (χ0) is 14.9. The first kappa shape index (κ1) is 15.1. The molecule has 2 heterocycles. The highest BCUT2D eigenvalue weighted by atomic mass is 16.7. The highest BCUT2D eigenvalue weighted by Gasteiger charge is 2.59. The third-order valence-corrected chi connectivity index (χ3v) is 3.36. The van der Waals surface area contributed by atoms with Gasteiger partial charge in [0.15, 0.2) is 6.23 Å². The van der Waals surface area contributed by atoms with Gasteiger partial charge < -0.3 is 24.8 Å². The molecule has 2 rings (SSSR count). The lowest BCUT2D eigenvalue weighted by Gasteiger charge is -2.38. The molecule has 0 spiro atoms. The van der Waals surface area contributed by atoms with Crippen molar-refractivity contribution >= 4 is 11.9 Å². The first-order valence-electron chi connectivity index (χ1n) is 6.35. The molecule has 9 heteroatoms. The summed E-state index contributed by atoms with van der Waals surface area (Å²) in [5, 5.41) is 31.7. The van der Waals surface area contributed by atoms with Gasteiger partial charge in [0, 0.05) is 19.6 Å². The van der Waals surface area contributed by atoms with Gasteiger partial charge in [-0.3, -0.25) is 15.0 Å². The zero-order valence-electron chi connectivity index (χ0n) is 11.0. The zero-order valence-corrected chi connectivity index (χ0v) is 11.0. The van der Waals surface area contributed by atoms with Crippen LogP contribution in [-0.2, 0) is 14.3 Å². The molecule has 9 nitrogen and oxygen atoms in total. The predicted molar refractivity (Wildman–Crippen MR) is 63.2 cm³/mol. The van der Waals surface area contributed by atoms with Gasteiger partial charge in [0.2, 0.25) is 11.7 Å². The van der Waals surface area contributed by atoms with Crippen molar-refractivity contribution in [2.75, 3.05) is 19.8 Å². The van der Waals surface area contributed by atoms with E-state index < -0.39 is 42.8 Å². The molecule has 0 saturated carbocycles. The Balaban J connectivity index is 2.24. The number of carbonyl (C=O) groups is 2. The second kappa shape index (κ2) is 5.62. The molecule has 3 amide bonds. The van der Waals surface area contributed by atoms with Crippen molar-refractivity contribution in [1.29, 1.82) is 0 Å². The van der Waals surface area contributed by atoms with Crippen LogP contribution in [-0.4, -0.2) is 76.1 Å². The molecular weight excluding hydrogens is 272 g/mol. The van der Waals surface area contributed by atoms with Gasteiger partial charge in [-0.25, -0.2) is 4.79 Å². The van der Waals surface area contributed by atoms with Gasteiger partial charge in [-0.15, -0.1) is 0 Å². The average molecular weight is 290 g/mol. The number of imide groups is 1. The molecule has 2 fully saturated rings. The first-order valence-corrected chi connectivity index (χ1v) is 6.35. The maximum absolute atomic E-state index is 11.8. The predicted octanol–water partition coefficient (Wildman–Crippen LogP) is -2.27. The van der Waals surface area contributed by atoms with Gasteiger partial charge in [0.1, 0.15) is 12.2 Å². The van der Waals surface area contributed by atoms with E-state index in [0.717, 1.165) is 4.90 Å². The van der Waals surface area contributed by atoms with E-state index in [1.54, 1.807) is 6.92 Å². The van der Waals surface area contributed by atoms with Gasteiger partial charge in [0.05, 0.1) is 6.61 Å². The summed E-state index contributed by atoms with van der Waals surface area (Å²) in [6.45, 7) is 1.16. The fourth-order valence-electron chi connectivity index (χ4n) is 2.38. The highest BCUT2D eigenvalue weighted by molar-refractivity contribution is 5.96.